The van der Waals surface area contributed by atoms with Crippen LogP contribution in [0.25, 0.3) is 0 Å². The van der Waals surface area contributed by atoms with Crippen LogP contribution in [0.1, 0.15) is 32.6 Å². The second kappa shape index (κ2) is 11.5. The van der Waals surface area contributed by atoms with Crippen molar-refractivity contribution < 1.29 is 38.7 Å². The van der Waals surface area contributed by atoms with E-state index in [1.54, 1.807) is 0 Å². The van der Waals surface area contributed by atoms with E-state index in [-0.39, 0.29) is 18.6 Å². The van der Waals surface area contributed by atoms with Gasteiger partial charge in [0.15, 0.2) is 0 Å². The zero-order valence-electron chi connectivity index (χ0n) is 13.0. The molecule has 2 atom stereocenters. The summed E-state index contributed by atoms with van der Waals surface area (Å²) in [5, 5.41) is 14.9. The first-order valence-corrected chi connectivity index (χ1v) is 8.86. The first kappa shape index (κ1) is 22.0. The van der Waals surface area contributed by atoms with Crippen molar-refractivity contribution in [3.8, 4) is 0 Å². The fourth-order valence-corrected chi connectivity index (χ4v) is 1.90. The third kappa shape index (κ3) is 13.1. The largest absolute Gasteiger partial charge is 0.480 e. The number of phosphoric acid groups is 1. The number of esters is 1. The van der Waals surface area contributed by atoms with Gasteiger partial charge in [-0.2, -0.15) is 0 Å². The molecule has 1 unspecified atom stereocenters. The predicted molar refractivity (Wildman–Crippen MR) is 80.6 cm³/mol. The lowest BCUT2D eigenvalue weighted by atomic mass is 10.2. The lowest BCUT2D eigenvalue weighted by Gasteiger charge is -2.15. The van der Waals surface area contributed by atoms with Crippen LogP contribution in [0.2, 0.25) is 0 Å². The van der Waals surface area contributed by atoms with Gasteiger partial charge in [0.2, 0.25) is 0 Å². The van der Waals surface area contributed by atoms with Gasteiger partial charge in [-0.05, 0) is 32.4 Å². The molecule has 0 aromatic carbocycles. The van der Waals surface area contributed by atoms with E-state index in [2.05, 4.69) is 10.6 Å². The molecule has 0 aromatic rings. The Labute approximate surface area is 134 Å². The van der Waals surface area contributed by atoms with Crippen molar-refractivity contribution in [3.63, 3.8) is 0 Å². The molecule has 1 rings (SSSR count). The number of carboxylic acid groups (broad SMARTS) is 1. The number of hydrogen-bond donors (Lipinski definition) is 6. The van der Waals surface area contributed by atoms with Crippen LogP contribution >= 0.6 is 7.82 Å². The number of carbonyl (C=O) groups excluding carboxylic acids is 1. The van der Waals surface area contributed by atoms with Gasteiger partial charge < -0.3 is 35.2 Å². The van der Waals surface area contributed by atoms with Crippen molar-refractivity contribution in [2.24, 2.45) is 0 Å². The minimum absolute atomic E-state index is 0.144. The Hall–Kier alpha value is -1.03. The lowest BCUT2D eigenvalue weighted by Crippen LogP contribution is -2.39. The molecule has 0 bridgehead atoms. The van der Waals surface area contributed by atoms with Crippen molar-refractivity contribution in [2.75, 3.05) is 19.7 Å². The number of aliphatic carboxylic acids is 1. The normalized spacial score (nSPS) is 18.7. The Balaban J connectivity index is 0.000000841. The average molecular weight is 356 g/mol. The molecular weight excluding hydrogens is 331 g/mol. The minimum Gasteiger partial charge on any atom is -0.480 e. The van der Waals surface area contributed by atoms with Crippen LogP contribution in [-0.2, 0) is 18.9 Å². The number of carboxylic acids is 1. The van der Waals surface area contributed by atoms with Gasteiger partial charge in [-0.25, -0.2) is 4.57 Å². The fourth-order valence-electron chi connectivity index (χ4n) is 1.90. The number of nitrogens with one attached hydrogen (secondary N) is 2. The minimum atomic E-state index is -4.64. The summed E-state index contributed by atoms with van der Waals surface area (Å²) in [6.45, 7) is 3.60. The van der Waals surface area contributed by atoms with Crippen molar-refractivity contribution in [1.29, 1.82) is 0 Å². The van der Waals surface area contributed by atoms with Crippen LogP contribution in [0.3, 0.4) is 0 Å². The molecule has 6 N–H and O–H groups in total. The summed E-state index contributed by atoms with van der Waals surface area (Å²) in [7, 11) is -4.64. The topological polar surface area (TPSA) is 165 Å². The summed E-state index contributed by atoms with van der Waals surface area (Å²) in [4.78, 5) is 44.0. The summed E-state index contributed by atoms with van der Waals surface area (Å²) in [5.41, 5.74) is 0. The highest BCUT2D eigenvalue weighted by Crippen LogP contribution is 2.25. The molecule has 0 aromatic heterocycles. The van der Waals surface area contributed by atoms with Crippen LogP contribution in [0.5, 0.6) is 0 Å². The van der Waals surface area contributed by atoms with Crippen LogP contribution in [0, 0.1) is 0 Å². The van der Waals surface area contributed by atoms with Gasteiger partial charge >= 0.3 is 19.8 Å². The highest BCUT2D eigenvalue weighted by atomic mass is 31.2. The van der Waals surface area contributed by atoms with Crippen molar-refractivity contribution in [3.05, 3.63) is 0 Å². The number of carbonyl (C=O) groups is 2. The van der Waals surface area contributed by atoms with E-state index in [9.17, 15) is 9.59 Å². The smallest absolute Gasteiger partial charge is 0.466 e. The quantitative estimate of drug-likeness (QED) is 0.239. The second-order valence-corrected chi connectivity index (χ2v) is 5.99. The number of hydrogen-bond acceptors (Lipinski definition) is 6. The molecular formula is C12H25N2O8P. The van der Waals surface area contributed by atoms with Crippen molar-refractivity contribution >= 4 is 19.8 Å². The zero-order valence-corrected chi connectivity index (χ0v) is 13.9. The van der Waals surface area contributed by atoms with E-state index >= 15 is 0 Å². The van der Waals surface area contributed by atoms with E-state index in [1.807, 2.05) is 6.92 Å². The van der Waals surface area contributed by atoms with E-state index < -0.39 is 19.8 Å². The van der Waals surface area contributed by atoms with E-state index in [4.69, 9.17) is 29.1 Å². The standard InChI is InChI=1S/C12H22N2O4.H3O4P/c1-2-6-13-9(11(15)16)5-8-18-12(17)10-4-3-7-14-10;1-5(2,3)4/h9-10,13-14H,2-8H2,1H3,(H,15,16);(H3,1,2,3,4)/t9?,10-;/m0./s1. The molecule has 0 radical (unpaired) electrons. The number of ether oxygens (including phenoxy) is 1. The third-order valence-electron chi connectivity index (χ3n) is 2.93. The van der Waals surface area contributed by atoms with Gasteiger partial charge in [0.1, 0.15) is 12.1 Å². The van der Waals surface area contributed by atoms with Crippen LogP contribution in [-0.4, -0.2) is 63.5 Å². The molecule has 23 heavy (non-hydrogen) atoms. The highest BCUT2D eigenvalue weighted by Gasteiger charge is 2.24. The van der Waals surface area contributed by atoms with Gasteiger partial charge in [-0.3, -0.25) is 9.59 Å². The summed E-state index contributed by atoms with van der Waals surface area (Å²) < 4.78 is 14.0. The molecule has 10 nitrogen and oxygen atoms in total. The SMILES string of the molecule is CCCNC(CCOC(=O)[C@@H]1CCCN1)C(=O)O.O=P(O)(O)O. The van der Waals surface area contributed by atoms with Crippen LogP contribution < -0.4 is 10.6 Å². The van der Waals surface area contributed by atoms with Crippen molar-refractivity contribution in [1.82, 2.24) is 10.6 Å². The van der Waals surface area contributed by atoms with Gasteiger partial charge in [0.25, 0.3) is 0 Å². The molecule has 1 fully saturated rings. The highest BCUT2D eigenvalue weighted by molar-refractivity contribution is 7.45. The Morgan fingerprint density at radius 1 is 1.39 bits per heavy atom. The van der Waals surface area contributed by atoms with E-state index in [1.165, 1.54) is 0 Å². The van der Waals surface area contributed by atoms with E-state index in [0.29, 0.717) is 13.0 Å². The number of rotatable bonds is 8. The maximum Gasteiger partial charge on any atom is 0.466 e. The van der Waals surface area contributed by atoms with Gasteiger partial charge in [-0.15, -0.1) is 0 Å². The summed E-state index contributed by atoms with van der Waals surface area (Å²) in [6, 6.07) is -0.855. The first-order valence-electron chi connectivity index (χ1n) is 7.29. The summed E-state index contributed by atoms with van der Waals surface area (Å²) >= 11 is 0. The van der Waals surface area contributed by atoms with Crippen LogP contribution in [0.15, 0.2) is 0 Å². The second-order valence-electron chi connectivity index (χ2n) is 4.96. The first-order chi connectivity index (χ1) is 10.6. The Morgan fingerprint density at radius 2 is 2.00 bits per heavy atom. The maximum absolute atomic E-state index is 11.6. The molecule has 1 heterocycles. The molecule has 0 saturated carbocycles. The average Bonchev–Trinajstić information content (AvgIpc) is 2.94. The van der Waals surface area contributed by atoms with Gasteiger partial charge in [0.05, 0.1) is 6.61 Å². The molecule has 0 amide bonds. The van der Waals surface area contributed by atoms with Gasteiger partial charge in [-0.1, -0.05) is 6.92 Å². The van der Waals surface area contributed by atoms with Gasteiger partial charge in [0, 0.05) is 6.42 Å². The van der Waals surface area contributed by atoms with Crippen molar-refractivity contribution in [2.45, 2.75) is 44.7 Å². The molecule has 0 aliphatic carbocycles. The Bertz CT molecular complexity index is 400. The molecule has 1 aliphatic rings. The molecule has 136 valence electrons. The van der Waals surface area contributed by atoms with Crippen LogP contribution in [0.4, 0.5) is 0 Å². The molecule has 1 saturated heterocycles. The Kier molecular flexibility index (Phi) is 11.0. The fraction of sp³-hybridized carbons (Fsp3) is 0.833. The Morgan fingerprint density at radius 3 is 2.43 bits per heavy atom. The molecule has 11 heteroatoms. The van der Waals surface area contributed by atoms with E-state index in [0.717, 1.165) is 25.8 Å². The molecule has 0 spiro atoms. The zero-order chi connectivity index (χ0) is 17.9. The molecule has 1 aliphatic heterocycles. The summed E-state index contributed by atoms with van der Waals surface area (Å²) in [6.07, 6.45) is 2.95. The third-order valence-corrected chi connectivity index (χ3v) is 2.93. The monoisotopic (exact) mass is 356 g/mol. The summed E-state index contributed by atoms with van der Waals surface area (Å²) in [5.74, 6) is -1.18. The predicted octanol–water partition coefficient (Wildman–Crippen LogP) is -0.804. The maximum atomic E-state index is 11.6. The lowest BCUT2D eigenvalue weighted by molar-refractivity contribution is -0.148.